The van der Waals surface area contributed by atoms with Crippen molar-refractivity contribution < 1.29 is 14.6 Å². The number of carbonyl (C=O) groups is 1. The molecule has 0 spiro atoms. The normalized spacial score (nSPS) is 23.5. The van der Waals surface area contributed by atoms with Crippen molar-refractivity contribution in [1.29, 1.82) is 0 Å². The summed E-state index contributed by atoms with van der Waals surface area (Å²) in [6.45, 7) is 4.26. The molecule has 1 aliphatic carbocycles. The first kappa shape index (κ1) is 28.7. The van der Waals surface area contributed by atoms with E-state index in [4.69, 9.17) is 9.72 Å². The number of thiazole rings is 1. The van der Waals surface area contributed by atoms with Crippen LogP contribution in [0.2, 0.25) is 0 Å². The van der Waals surface area contributed by atoms with Gasteiger partial charge in [-0.05, 0) is 31.7 Å². The zero-order chi connectivity index (χ0) is 28.9. The molecule has 4 atom stereocenters. The van der Waals surface area contributed by atoms with Gasteiger partial charge in [-0.3, -0.25) is 4.79 Å². The van der Waals surface area contributed by atoms with Crippen LogP contribution in [0.15, 0.2) is 78.6 Å². The molecule has 8 nitrogen and oxygen atoms in total. The van der Waals surface area contributed by atoms with Crippen LogP contribution < -0.4 is 5.32 Å². The Labute approximate surface area is 251 Å². The molecule has 6 rings (SSSR count). The Hall–Kier alpha value is -3.37. The maximum Gasteiger partial charge on any atom is 0.275 e. The van der Waals surface area contributed by atoms with Crippen molar-refractivity contribution in [2.45, 2.75) is 62.8 Å². The Morgan fingerprint density at radius 3 is 2.69 bits per heavy atom. The summed E-state index contributed by atoms with van der Waals surface area (Å²) in [7, 11) is 0. The number of hydrogen-bond acceptors (Lipinski definition) is 7. The molecular weight excluding hydrogens is 546 g/mol. The molecule has 9 heteroatoms. The SMILES string of the molecule is CC(OC[C@@]1(O)CCCC[C@@H]1n1cnc(C(=O)N2CCNC[C@H]2Cc2ccccc2)c1-c1ccccc1)c1nccs1. The summed E-state index contributed by atoms with van der Waals surface area (Å²) < 4.78 is 8.28. The highest BCUT2D eigenvalue weighted by Gasteiger charge is 2.43. The summed E-state index contributed by atoms with van der Waals surface area (Å²) >= 11 is 1.55. The minimum Gasteiger partial charge on any atom is -0.385 e. The van der Waals surface area contributed by atoms with Crippen LogP contribution in [0.3, 0.4) is 0 Å². The number of piperazine rings is 1. The van der Waals surface area contributed by atoms with Gasteiger partial charge >= 0.3 is 0 Å². The lowest BCUT2D eigenvalue weighted by molar-refractivity contribution is -0.115. The molecule has 1 aliphatic heterocycles. The largest absolute Gasteiger partial charge is 0.385 e. The number of carbonyl (C=O) groups excluding carboxylic acids is 1. The van der Waals surface area contributed by atoms with E-state index >= 15 is 0 Å². The van der Waals surface area contributed by atoms with Crippen LogP contribution in [0.4, 0.5) is 0 Å². The summed E-state index contributed by atoms with van der Waals surface area (Å²) in [5.41, 5.74) is 2.22. The molecule has 2 aromatic carbocycles. The first-order valence-electron chi connectivity index (χ1n) is 14.9. The third-order valence-corrected chi connectivity index (χ3v) is 9.58. The number of benzene rings is 2. The van der Waals surface area contributed by atoms with E-state index in [1.165, 1.54) is 5.56 Å². The lowest BCUT2D eigenvalue weighted by Crippen LogP contribution is -2.54. The Balaban J connectivity index is 1.32. The third-order valence-electron chi connectivity index (χ3n) is 8.64. The van der Waals surface area contributed by atoms with Crippen molar-refractivity contribution in [1.82, 2.24) is 24.8 Å². The highest BCUT2D eigenvalue weighted by atomic mass is 32.1. The van der Waals surface area contributed by atoms with Crippen LogP contribution in [0, 0.1) is 0 Å². The van der Waals surface area contributed by atoms with Crippen LogP contribution in [0.1, 0.15) is 65.8 Å². The maximum absolute atomic E-state index is 14.3. The molecule has 0 bridgehead atoms. The molecule has 4 aromatic rings. The van der Waals surface area contributed by atoms with Gasteiger partial charge in [-0.2, -0.15) is 0 Å². The fourth-order valence-corrected chi connectivity index (χ4v) is 7.06. The van der Waals surface area contributed by atoms with Crippen LogP contribution in [0.25, 0.3) is 11.3 Å². The van der Waals surface area contributed by atoms with Crippen molar-refractivity contribution in [3.05, 3.63) is 94.8 Å². The number of nitrogens with one attached hydrogen (secondary N) is 1. The first-order chi connectivity index (χ1) is 20.5. The fourth-order valence-electron chi connectivity index (χ4n) is 6.41. The lowest BCUT2D eigenvalue weighted by atomic mass is 9.80. The van der Waals surface area contributed by atoms with Crippen LogP contribution in [0.5, 0.6) is 0 Å². The smallest absolute Gasteiger partial charge is 0.275 e. The van der Waals surface area contributed by atoms with Gasteiger partial charge in [-0.25, -0.2) is 9.97 Å². The second kappa shape index (κ2) is 12.9. The van der Waals surface area contributed by atoms with E-state index in [0.717, 1.165) is 55.0 Å². The number of amides is 1. The molecule has 42 heavy (non-hydrogen) atoms. The number of ether oxygens (including phenoxy) is 1. The second-order valence-corrected chi connectivity index (χ2v) is 12.4. The van der Waals surface area contributed by atoms with E-state index < -0.39 is 5.60 Å². The van der Waals surface area contributed by atoms with Crippen molar-refractivity contribution in [3.8, 4) is 11.3 Å². The molecular formula is C33H39N5O3S. The minimum atomic E-state index is -1.10. The molecule has 2 N–H and O–H groups in total. The average molecular weight is 586 g/mol. The highest BCUT2D eigenvalue weighted by molar-refractivity contribution is 7.09. The third kappa shape index (κ3) is 6.06. The fraction of sp³-hybridized carbons (Fsp3) is 0.424. The predicted octanol–water partition coefficient (Wildman–Crippen LogP) is 5.29. The van der Waals surface area contributed by atoms with Gasteiger partial charge in [0.2, 0.25) is 0 Å². The zero-order valence-corrected chi connectivity index (χ0v) is 24.9. The molecule has 1 saturated carbocycles. The summed E-state index contributed by atoms with van der Waals surface area (Å²) in [5.74, 6) is -0.0666. The molecule has 1 amide bonds. The second-order valence-electron chi connectivity index (χ2n) is 11.5. The van der Waals surface area contributed by atoms with Gasteiger partial charge in [0.1, 0.15) is 16.7 Å². The Kier molecular flexibility index (Phi) is 8.81. The van der Waals surface area contributed by atoms with Crippen LogP contribution >= 0.6 is 11.3 Å². The van der Waals surface area contributed by atoms with Gasteiger partial charge in [-0.1, -0.05) is 73.5 Å². The molecule has 3 heterocycles. The summed E-state index contributed by atoms with van der Waals surface area (Å²) in [5, 5.41) is 18.4. The van der Waals surface area contributed by atoms with E-state index in [1.54, 1.807) is 23.9 Å². The molecule has 220 valence electrons. The van der Waals surface area contributed by atoms with Gasteiger partial charge in [-0.15, -0.1) is 11.3 Å². The van der Waals surface area contributed by atoms with Gasteiger partial charge in [0.25, 0.3) is 5.91 Å². The zero-order valence-electron chi connectivity index (χ0n) is 24.1. The Bertz CT molecular complexity index is 1450. The monoisotopic (exact) mass is 585 g/mol. The highest BCUT2D eigenvalue weighted by Crippen LogP contribution is 2.42. The number of nitrogens with zero attached hydrogens (tertiary/aromatic N) is 4. The van der Waals surface area contributed by atoms with E-state index in [2.05, 4.69) is 22.4 Å². The lowest BCUT2D eigenvalue weighted by Gasteiger charge is -2.41. The van der Waals surface area contributed by atoms with Gasteiger partial charge in [0, 0.05) is 42.8 Å². The van der Waals surface area contributed by atoms with E-state index in [9.17, 15) is 9.90 Å². The Morgan fingerprint density at radius 1 is 1.14 bits per heavy atom. The van der Waals surface area contributed by atoms with Crippen molar-refractivity contribution in [2.24, 2.45) is 0 Å². The number of aliphatic hydroxyl groups is 1. The maximum atomic E-state index is 14.3. The van der Waals surface area contributed by atoms with Crippen molar-refractivity contribution in [3.63, 3.8) is 0 Å². The van der Waals surface area contributed by atoms with Gasteiger partial charge in [0.05, 0.1) is 24.7 Å². The number of imidazole rings is 1. The van der Waals surface area contributed by atoms with Crippen molar-refractivity contribution in [2.75, 3.05) is 26.2 Å². The number of rotatable bonds is 9. The quantitative estimate of drug-likeness (QED) is 0.278. The topological polar surface area (TPSA) is 92.5 Å². The van der Waals surface area contributed by atoms with E-state index in [1.807, 2.05) is 70.3 Å². The minimum absolute atomic E-state index is 0.0229. The van der Waals surface area contributed by atoms with Crippen LogP contribution in [-0.4, -0.2) is 68.3 Å². The van der Waals surface area contributed by atoms with Gasteiger partial charge < -0.3 is 24.6 Å². The molecule has 1 saturated heterocycles. The van der Waals surface area contributed by atoms with E-state index in [0.29, 0.717) is 18.7 Å². The van der Waals surface area contributed by atoms with Gasteiger partial charge in [0.15, 0.2) is 5.69 Å². The number of hydrogen-bond donors (Lipinski definition) is 2. The Morgan fingerprint density at radius 2 is 1.93 bits per heavy atom. The first-order valence-corrected chi connectivity index (χ1v) is 15.8. The van der Waals surface area contributed by atoms with Crippen LogP contribution in [-0.2, 0) is 11.2 Å². The predicted molar refractivity (Wildman–Crippen MR) is 164 cm³/mol. The average Bonchev–Trinajstić information content (AvgIpc) is 3.72. The summed E-state index contributed by atoms with van der Waals surface area (Å²) in [4.78, 5) is 25.5. The van der Waals surface area contributed by atoms with E-state index in [-0.39, 0.29) is 30.7 Å². The summed E-state index contributed by atoms with van der Waals surface area (Å²) in [6, 6.07) is 20.1. The summed E-state index contributed by atoms with van der Waals surface area (Å²) in [6.07, 6.45) is 7.41. The standard InChI is InChI=1S/C33H39N5O3S/c1-24(31-35-17-19-42-31)41-22-33(40)15-9-8-14-28(33)38-23-36-29(30(38)26-12-6-3-7-13-26)32(39)37-18-16-34-21-27(37)20-25-10-4-2-5-11-25/h2-7,10-13,17,19,23-24,27-28,34,40H,8-9,14-16,18,20-22H2,1H3/t24?,27-,28+,33+/m1/s1. The van der Waals surface area contributed by atoms with Crippen molar-refractivity contribution >= 4 is 17.2 Å². The molecule has 2 aromatic heterocycles. The number of aromatic nitrogens is 3. The molecule has 2 aliphatic rings. The molecule has 1 unspecified atom stereocenters. The molecule has 0 radical (unpaired) electrons. The molecule has 2 fully saturated rings.